The first kappa shape index (κ1) is 19.3. The second-order valence-electron chi connectivity index (χ2n) is 8.00. The van der Waals surface area contributed by atoms with E-state index in [1.54, 1.807) is 16.0 Å². The van der Waals surface area contributed by atoms with E-state index >= 15 is 0 Å². The van der Waals surface area contributed by atoms with Gasteiger partial charge in [0.25, 0.3) is 5.91 Å². The molecular formula is C23H24N4OS. The maximum Gasteiger partial charge on any atom is 0.254 e. The molecule has 1 amide bonds. The average Bonchev–Trinajstić information content (AvgIpc) is 3.33. The van der Waals surface area contributed by atoms with Gasteiger partial charge in [0.2, 0.25) is 0 Å². The number of hydrogen-bond acceptors (Lipinski definition) is 4. The van der Waals surface area contributed by atoms with Gasteiger partial charge in [-0.05, 0) is 24.3 Å². The predicted octanol–water partition coefficient (Wildman–Crippen LogP) is 4.75. The van der Waals surface area contributed by atoms with E-state index in [1.807, 2.05) is 54.7 Å². The summed E-state index contributed by atoms with van der Waals surface area (Å²) in [6.45, 7) is 6.76. The van der Waals surface area contributed by atoms with Crippen molar-refractivity contribution < 1.29 is 4.79 Å². The van der Waals surface area contributed by atoms with E-state index in [2.05, 4.69) is 37.1 Å². The number of para-hydroxylation sites is 2. The lowest BCUT2D eigenvalue weighted by atomic mass is 9.89. The Hall–Kier alpha value is -2.99. The zero-order valence-electron chi connectivity index (χ0n) is 16.8. The number of fused-ring (bicyclic) bond motifs is 1. The largest absolute Gasteiger partial charge is 0.352 e. The van der Waals surface area contributed by atoms with Gasteiger partial charge in [0.05, 0.1) is 32.2 Å². The molecule has 0 aliphatic rings. The first-order chi connectivity index (χ1) is 13.9. The first-order valence-electron chi connectivity index (χ1n) is 9.70. The lowest BCUT2D eigenvalue weighted by Gasteiger charge is -2.17. The quantitative estimate of drug-likeness (QED) is 0.522. The summed E-state index contributed by atoms with van der Waals surface area (Å²) in [5.41, 5.74) is 3.12. The number of carbonyl (C=O) groups is 1. The molecule has 0 radical (unpaired) electrons. The molecule has 0 aliphatic carbocycles. The van der Waals surface area contributed by atoms with Crippen molar-refractivity contribution in [2.24, 2.45) is 0 Å². The third-order valence-corrected chi connectivity index (χ3v) is 5.75. The van der Waals surface area contributed by atoms with Crippen LogP contribution in [0.5, 0.6) is 0 Å². The van der Waals surface area contributed by atoms with E-state index in [-0.39, 0.29) is 11.3 Å². The molecule has 5 nitrogen and oxygen atoms in total. The molecule has 0 fully saturated rings. The second-order valence-corrected chi connectivity index (χ2v) is 9.12. The van der Waals surface area contributed by atoms with Crippen molar-refractivity contribution in [3.63, 3.8) is 0 Å². The average molecular weight is 405 g/mol. The molecule has 2 aromatic heterocycles. The van der Waals surface area contributed by atoms with Crippen LogP contribution in [0.25, 0.3) is 15.9 Å². The lowest BCUT2D eigenvalue weighted by molar-refractivity contribution is 0.0952. The van der Waals surface area contributed by atoms with Gasteiger partial charge in [-0.25, -0.2) is 9.67 Å². The zero-order valence-corrected chi connectivity index (χ0v) is 17.7. The van der Waals surface area contributed by atoms with Gasteiger partial charge in [-0.1, -0.05) is 51.1 Å². The van der Waals surface area contributed by atoms with Crippen LogP contribution in [0.3, 0.4) is 0 Å². The minimum atomic E-state index is -0.236. The van der Waals surface area contributed by atoms with Gasteiger partial charge in [0.1, 0.15) is 0 Å². The molecule has 4 aromatic rings. The molecule has 1 N–H and O–H groups in total. The van der Waals surface area contributed by atoms with Crippen molar-refractivity contribution in [1.29, 1.82) is 0 Å². The molecule has 2 heterocycles. The highest BCUT2D eigenvalue weighted by atomic mass is 32.1. The molecule has 148 valence electrons. The van der Waals surface area contributed by atoms with Crippen molar-refractivity contribution >= 4 is 27.5 Å². The Morgan fingerprint density at radius 2 is 1.79 bits per heavy atom. The first-order valence-corrected chi connectivity index (χ1v) is 10.5. The van der Waals surface area contributed by atoms with E-state index in [0.717, 1.165) is 21.9 Å². The summed E-state index contributed by atoms with van der Waals surface area (Å²) < 4.78 is 2.95. The Labute approximate surface area is 174 Å². The van der Waals surface area contributed by atoms with E-state index < -0.39 is 0 Å². The summed E-state index contributed by atoms with van der Waals surface area (Å²) in [5, 5.41) is 8.79. The Morgan fingerprint density at radius 1 is 1.07 bits per heavy atom. The van der Waals surface area contributed by atoms with Crippen molar-refractivity contribution in [3.8, 4) is 5.69 Å². The number of thiazole rings is 1. The third-order valence-electron chi connectivity index (χ3n) is 4.65. The Morgan fingerprint density at radius 3 is 2.52 bits per heavy atom. The minimum absolute atomic E-state index is 0.0989. The molecule has 0 aliphatic heterocycles. The summed E-state index contributed by atoms with van der Waals surface area (Å²) in [6, 6.07) is 18.0. The number of rotatable bonds is 5. The summed E-state index contributed by atoms with van der Waals surface area (Å²) in [5.74, 6) is -0.0989. The van der Waals surface area contributed by atoms with Crippen molar-refractivity contribution in [1.82, 2.24) is 20.1 Å². The van der Waals surface area contributed by atoms with Gasteiger partial charge < -0.3 is 5.32 Å². The fraction of sp³-hybridized carbons (Fsp3) is 0.261. The Balaban J connectivity index is 1.50. The zero-order chi connectivity index (χ0) is 20.4. The van der Waals surface area contributed by atoms with Crippen molar-refractivity contribution in [3.05, 3.63) is 77.1 Å². The van der Waals surface area contributed by atoms with Crippen LogP contribution >= 0.6 is 11.3 Å². The number of aromatic nitrogens is 3. The third kappa shape index (κ3) is 4.22. The van der Waals surface area contributed by atoms with Crippen molar-refractivity contribution in [2.45, 2.75) is 32.6 Å². The number of nitrogens with zero attached hydrogens (tertiary/aromatic N) is 3. The van der Waals surface area contributed by atoms with E-state index in [0.29, 0.717) is 18.5 Å². The summed E-state index contributed by atoms with van der Waals surface area (Å²) >= 11 is 1.67. The van der Waals surface area contributed by atoms with Gasteiger partial charge >= 0.3 is 0 Å². The summed E-state index contributed by atoms with van der Waals surface area (Å²) in [7, 11) is 0. The van der Waals surface area contributed by atoms with Crippen LogP contribution in [0.1, 0.15) is 41.8 Å². The molecular weight excluding hydrogens is 380 g/mol. The lowest BCUT2D eigenvalue weighted by Crippen LogP contribution is -2.28. The van der Waals surface area contributed by atoms with Crippen LogP contribution in [-0.4, -0.2) is 27.2 Å². The normalized spacial score (nSPS) is 11.7. The number of benzene rings is 2. The van der Waals surface area contributed by atoms with Gasteiger partial charge in [-0.3, -0.25) is 4.79 Å². The molecule has 0 spiro atoms. The van der Waals surface area contributed by atoms with Crippen molar-refractivity contribution in [2.75, 3.05) is 6.54 Å². The topological polar surface area (TPSA) is 59.8 Å². The minimum Gasteiger partial charge on any atom is -0.352 e. The SMILES string of the molecule is CC(C)(C)c1nn(-c2ccccc2)cc1C(=O)NCCc1nc2ccccc2s1. The van der Waals surface area contributed by atoms with Crippen LogP contribution in [0, 0.1) is 0 Å². The smallest absolute Gasteiger partial charge is 0.254 e. The van der Waals surface area contributed by atoms with E-state index in [1.165, 1.54) is 4.70 Å². The number of amides is 1. The molecule has 0 atom stereocenters. The summed E-state index contributed by atoms with van der Waals surface area (Å²) in [6.07, 6.45) is 2.53. The van der Waals surface area contributed by atoms with Crippen LogP contribution in [0.2, 0.25) is 0 Å². The van der Waals surface area contributed by atoms with Crippen LogP contribution < -0.4 is 5.32 Å². The van der Waals surface area contributed by atoms with Crippen LogP contribution in [-0.2, 0) is 11.8 Å². The second kappa shape index (κ2) is 7.79. The monoisotopic (exact) mass is 404 g/mol. The molecule has 6 heteroatoms. The molecule has 2 aromatic carbocycles. The highest BCUT2D eigenvalue weighted by Gasteiger charge is 2.26. The highest BCUT2D eigenvalue weighted by molar-refractivity contribution is 7.18. The fourth-order valence-electron chi connectivity index (χ4n) is 3.21. The fourth-order valence-corrected chi connectivity index (χ4v) is 4.18. The maximum absolute atomic E-state index is 12.9. The Kier molecular flexibility index (Phi) is 5.20. The van der Waals surface area contributed by atoms with Gasteiger partial charge in [0.15, 0.2) is 0 Å². The summed E-state index contributed by atoms with van der Waals surface area (Å²) in [4.78, 5) is 17.6. The van der Waals surface area contributed by atoms with Gasteiger partial charge in [-0.2, -0.15) is 5.10 Å². The molecule has 0 unspecified atom stereocenters. The molecule has 0 bridgehead atoms. The molecule has 4 rings (SSSR count). The predicted molar refractivity (Wildman–Crippen MR) is 118 cm³/mol. The molecule has 0 saturated carbocycles. The standard InChI is InChI=1S/C23H24N4OS/c1-23(2,3)21-17(15-27(26-21)16-9-5-4-6-10-16)22(28)24-14-13-20-25-18-11-7-8-12-19(18)29-20/h4-12,15H,13-14H2,1-3H3,(H,24,28). The van der Waals surface area contributed by atoms with Gasteiger partial charge in [-0.15, -0.1) is 11.3 Å². The molecule has 0 saturated heterocycles. The number of nitrogens with one attached hydrogen (secondary N) is 1. The maximum atomic E-state index is 12.9. The van der Waals surface area contributed by atoms with E-state index in [9.17, 15) is 4.79 Å². The highest BCUT2D eigenvalue weighted by Crippen LogP contribution is 2.26. The number of carbonyl (C=O) groups excluding carboxylic acids is 1. The van der Waals surface area contributed by atoms with Gasteiger partial charge in [0, 0.05) is 24.6 Å². The van der Waals surface area contributed by atoms with Crippen LogP contribution in [0.15, 0.2) is 60.8 Å². The molecule has 29 heavy (non-hydrogen) atoms. The number of hydrogen-bond donors (Lipinski definition) is 1. The Bertz CT molecular complexity index is 1110. The van der Waals surface area contributed by atoms with E-state index in [4.69, 9.17) is 5.10 Å². The van der Waals surface area contributed by atoms with Crippen LogP contribution in [0.4, 0.5) is 0 Å².